The van der Waals surface area contributed by atoms with Crippen LogP contribution in [-0.4, -0.2) is 56.4 Å². The number of hydrogen-bond donors (Lipinski definition) is 2. The van der Waals surface area contributed by atoms with Crippen LogP contribution < -0.4 is 11.1 Å². The number of anilines is 1. The highest BCUT2D eigenvalue weighted by Gasteiger charge is 2.29. The minimum absolute atomic E-state index is 0.0316. The number of nitrogen functional groups attached to an aromatic ring is 1. The van der Waals surface area contributed by atoms with Crippen molar-refractivity contribution < 1.29 is 9.59 Å². The van der Waals surface area contributed by atoms with Gasteiger partial charge in [0.15, 0.2) is 0 Å². The van der Waals surface area contributed by atoms with Gasteiger partial charge >= 0.3 is 0 Å². The van der Waals surface area contributed by atoms with E-state index in [1.807, 2.05) is 50.1 Å². The van der Waals surface area contributed by atoms with E-state index in [0.29, 0.717) is 30.6 Å². The molecule has 1 aliphatic heterocycles. The molecule has 2 amide bonds. The molecule has 200 valence electrons. The van der Waals surface area contributed by atoms with Crippen molar-refractivity contribution in [3.8, 4) is 22.3 Å². The Morgan fingerprint density at radius 2 is 1.87 bits per heavy atom. The maximum atomic E-state index is 13.3. The standard InChI is InChI=1S/C30H32N6O2S/c1-4-39-25-8-5-20(6-9-25)26-10-7-21(13-19(26)2)30(38)36-12-11-24(18-36)34-29(37)27-14-22(15-32-28(27)31)23-16-33-35(3)17-23/h5-10,13-17,24H,4,11-12,18H2,1-3H3,(H2,31,32)(H,34,37)/t24-/m1/s1. The van der Waals surface area contributed by atoms with Gasteiger partial charge in [-0.3, -0.25) is 14.3 Å². The summed E-state index contributed by atoms with van der Waals surface area (Å²) in [7, 11) is 1.83. The summed E-state index contributed by atoms with van der Waals surface area (Å²) in [6.45, 7) is 5.19. The number of thioether (sulfide) groups is 1. The molecule has 0 aliphatic carbocycles. The van der Waals surface area contributed by atoms with Gasteiger partial charge < -0.3 is 16.0 Å². The van der Waals surface area contributed by atoms with Gasteiger partial charge in [0, 0.05) is 60.2 Å². The van der Waals surface area contributed by atoms with E-state index in [4.69, 9.17) is 5.73 Å². The van der Waals surface area contributed by atoms with Gasteiger partial charge in [0.25, 0.3) is 11.8 Å². The number of nitrogens with two attached hydrogens (primary N) is 1. The molecule has 0 unspecified atom stereocenters. The van der Waals surface area contributed by atoms with Gasteiger partial charge in [0.05, 0.1) is 11.8 Å². The number of nitrogens with zero attached hydrogens (tertiary/aromatic N) is 4. The topological polar surface area (TPSA) is 106 Å². The summed E-state index contributed by atoms with van der Waals surface area (Å²) in [6, 6.07) is 16.0. The summed E-state index contributed by atoms with van der Waals surface area (Å²) in [5, 5.41) is 7.21. The predicted octanol–water partition coefficient (Wildman–Crippen LogP) is 4.80. The van der Waals surface area contributed by atoms with E-state index in [-0.39, 0.29) is 23.7 Å². The molecule has 1 fully saturated rings. The summed E-state index contributed by atoms with van der Waals surface area (Å²) in [6.07, 6.45) is 5.87. The lowest BCUT2D eigenvalue weighted by Gasteiger charge is -2.18. The number of amides is 2. The Morgan fingerprint density at radius 3 is 2.56 bits per heavy atom. The van der Waals surface area contributed by atoms with E-state index in [2.05, 4.69) is 46.6 Å². The van der Waals surface area contributed by atoms with Crippen LogP contribution in [0.4, 0.5) is 5.82 Å². The molecule has 0 saturated carbocycles. The van der Waals surface area contributed by atoms with E-state index >= 15 is 0 Å². The van der Waals surface area contributed by atoms with Crippen LogP contribution in [0.15, 0.2) is 72.0 Å². The van der Waals surface area contributed by atoms with Gasteiger partial charge in [0.2, 0.25) is 0 Å². The Balaban J connectivity index is 1.23. The van der Waals surface area contributed by atoms with Crippen molar-refractivity contribution in [3.63, 3.8) is 0 Å². The molecule has 3 N–H and O–H groups in total. The summed E-state index contributed by atoms with van der Waals surface area (Å²) >= 11 is 1.82. The third-order valence-electron chi connectivity index (χ3n) is 6.96. The first-order valence-electron chi connectivity index (χ1n) is 13.0. The largest absolute Gasteiger partial charge is 0.383 e. The van der Waals surface area contributed by atoms with Crippen molar-refractivity contribution in [1.82, 2.24) is 25.0 Å². The van der Waals surface area contributed by atoms with Gasteiger partial charge in [-0.2, -0.15) is 5.10 Å². The summed E-state index contributed by atoms with van der Waals surface area (Å²) in [4.78, 5) is 33.6. The second kappa shape index (κ2) is 11.3. The van der Waals surface area contributed by atoms with Crippen LogP contribution in [-0.2, 0) is 7.05 Å². The van der Waals surface area contributed by atoms with Crippen molar-refractivity contribution in [2.24, 2.45) is 7.05 Å². The fourth-order valence-corrected chi connectivity index (χ4v) is 5.57. The SMILES string of the molecule is CCSc1ccc(-c2ccc(C(=O)N3CC[C@@H](NC(=O)c4cc(-c5cnn(C)c5)cnc4N)C3)cc2C)cc1. The predicted molar refractivity (Wildman–Crippen MR) is 156 cm³/mol. The van der Waals surface area contributed by atoms with Crippen molar-refractivity contribution in [1.29, 1.82) is 0 Å². The Hall–Kier alpha value is -4.11. The van der Waals surface area contributed by atoms with Gasteiger partial charge in [0.1, 0.15) is 5.82 Å². The quantitative estimate of drug-likeness (QED) is 0.326. The molecule has 8 nitrogen and oxygen atoms in total. The molecule has 0 bridgehead atoms. The van der Waals surface area contributed by atoms with Crippen LogP contribution in [0.25, 0.3) is 22.3 Å². The van der Waals surface area contributed by atoms with Crippen LogP contribution in [0.5, 0.6) is 0 Å². The fraction of sp³-hybridized carbons (Fsp3) is 0.267. The maximum absolute atomic E-state index is 13.3. The number of pyridine rings is 1. The third kappa shape index (κ3) is 5.83. The van der Waals surface area contributed by atoms with E-state index in [0.717, 1.165) is 33.6 Å². The average Bonchev–Trinajstić information content (AvgIpc) is 3.58. The van der Waals surface area contributed by atoms with E-state index in [1.54, 1.807) is 28.0 Å². The zero-order chi connectivity index (χ0) is 27.5. The molecule has 0 radical (unpaired) electrons. The number of benzene rings is 2. The van der Waals surface area contributed by atoms with Crippen molar-refractivity contribution in [2.45, 2.75) is 31.2 Å². The van der Waals surface area contributed by atoms with Gasteiger partial charge in [-0.15, -0.1) is 11.8 Å². The monoisotopic (exact) mass is 540 g/mol. The highest BCUT2D eigenvalue weighted by molar-refractivity contribution is 7.99. The molecule has 1 aliphatic rings. The molecule has 3 heterocycles. The third-order valence-corrected chi connectivity index (χ3v) is 7.86. The lowest BCUT2D eigenvalue weighted by Crippen LogP contribution is -2.38. The Bertz CT molecular complexity index is 1510. The molecule has 4 aromatic rings. The minimum atomic E-state index is -0.298. The van der Waals surface area contributed by atoms with Crippen molar-refractivity contribution in [3.05, 3.63) is 83.8 Å². The molecule has 1 atom stereocenters. The van der Waals surface area contributed by atoms with E-state index < -0.39 is 0 Å². The number of carbonyl (C=O) groups excluding carboxylic acids is 2. The molecule has 39 heavy (non-hydrogen) atoms. The smallest absolute Gasteiger partial charge is 0.255 e. The number of aryl methyl sites for hydroxylation is 2. The molecule has 2 aromatic heterocycles. The Morgan fingerprint density at radius 1 is 1.08 bits per heavy atom. The van der Waals surface area contributed by atoms with Gasteiger partial charge in [-0.1, -0.05) is 25.1 Å². The summed E-state index contributed by atoms with van der Waals surface area (Å²) < 4.78 is 1.69. The number of likely N-dealkylation sites (tertiary alicyclic amines) is 1. The molecule has 0 spiro atoms. The molecular formula is C30H32N6O2S. The highest BCUT2D eigenvalue weighted by Crippen LogP contribution is 2.28. The fourth-order valence-electron chi connectivity index (χ4n) is 4.91. The Kier molecular flexibility index (Phi) is 7.70. The van der Waals surface area contributed by atoms with E-state index in [1.165, 1.54) is 4.90 Å². The molecule has 2 aromatic carbocycles. The highest BCUT2D eigenvalue weighted by atomic mass is 32.2. The second-order valence-electron chi connectivity index (χ2n) is 9.76. The molecule has 1 saturated heterocycles. The maximum Gasteiger partial charge on any atom is 0.255 e. The number of rotatable bonds is 7. The van der Waals surface area contributed by atoms with Gasteiger partial charge in [-0.05, 0) is 66.1 Å². The number of aromatic nitrogens is 3. The first kappa shape index (κ1) is 26.5. The number of hydrogen-bond acceptors (Lipinski definition) is 6. The minimum Gasteiger partial charge on any atom is -0.383 e. The van der Waals surface area contributed by atoms with Crippen LogP contribution in [0, 0.1) is 6.92 Å². The zero-order valence-electron chi connectivity index (χ0n) is 22.3. The van der Waals surface area contributed by atoms with Crippen LogP contribution in [0.1, 0.15) is 39.6 Å². The number of nitrogens with one attached hydrogen (secondary N) is 1. The second-order valence-corrected chi connectivity index (χ2v) is 11.1. The van der Waals surface area contributed by atoms with Crippen LogP contribution in [0.2, 0.25) is 0 Å². The first-order valence-corrected chi connectivity index (χ1v) is 14.0. The summed E-state index contributed by atoms with van der Waals surface area (Å²) in [5.74, 6) is 0.880. The number of carbonyl (C=O) groups is 2. The van der Waals surface area contributed by atoms with Crippen molar-refractivity contribution >= 4 is 29.4 Å². The van der Waals surface area contributed by atoms with Gasteiger partial charge in [-0.25, -0.2) is 4.98 Å². The van der Waals surface area contributed by atoms with Crippen LogP contribution in [0.3, 0.4) is 0 Å². The Labute approximate surface area is 232 Å². The summed E-state index contributed by atoms with van der Waals surface area (Å²) in [5.41, 5.74) is 11.9. The van der Waals surface area contributed by atoms with E-state index in [9.17, 15) is 9.59 Å². The zero-order valence-corrected chi connectivity index (χ0v) is 23.2. The first-order chi connectivity index (χ1) is 18.8. The lowest BCUT2D eigenvalue weighted by atomic mass is 9.98. The average molecular weight is 541 g/mol. The lowest BCUT2D eigenvalue weighted by molar-refractivity contribution is 0.0783. The normalized spacial score (nSPS) is 14.9. The molecular weight excluding hydrogens is 508 g/mol. The van der Waals surface area contributed by atoms with Crippen molar-refractivity contribution in [2.75, 3.05) is 24.6 Å². The van der Waals surface area contributed by atoms with Crippen LogP contribution >= 0.6 is 11.8 Å². The molecule has 5 rings (SSSR count). The molecule has 9 heteroatoms.